The number of piperidine rings is 1. The first-order chi connectivity index (χ1) is 11.1. The van der Waals surface area contributed by atoms with Gasteiger partial charge in [-0.15, -0.1) is 0 Å². The van der Waals surface area contributed by atoms with Gasteiger partial charge in [0.15, 0.2) is 0 Å². The lowest BCUT2D eigenvalue weighted by molar-refractivity contribution is -0.0116. The van der Waals surface area contributed by atoms with E-state index < -0.39 is 0 Å². The van der Waals surface area contributed by atoms with Crippen LogP contribution in [-0.4, -0.2) is 78.7 Å². The number of pyridine rings is 1. The summed E-state index contributed by atoms with van der Waals surface area (Å²) in [5.41, 5.74) is 1.21. The predicted octanol–water partition coefficient (Wildman–Crippen LogP) is 1.28. The highest BCUT2D eigenvalue weighted by Crippen LogP contribution is 2.33. The SMILES string of the molecule is CO[C@@H]1CCN(C(=O)N(C)C)[C@@H]2CN(Cc3cccnc3)C[C@@H]21. The van der Waals surface area contributed by atoms with Gasteiger partial charge in [0, 0.05) is 65.7 Å². The molecule has 0 aromatic carbocycles. The molecular formula is C17H26N4O2. The number of hydrogen-bond acceptors (Lipinski definition) is 4. The second-order valence-electron chi connectivity index (χ2n) is 6.72. The minimum atomic E-state index is 0.109. The van der Waals surface area contributed by atoms with E-state index in [1.807, 2.05) is 31.3 Å². The van der Waals surface area contributed by atoms with Crippen LogP contribution in [0.15, 0.2) is 24.5 Å². The lowest BCUT2D eigenvalue weighted by Gasteiger charge is -2.42. The van der Waals surface area contributed by atoms with Gasteiger partial charge in [0.25, 0.3) is 0 Å². The number of rotatable bonds is 3. The van der Waals surface area contributed by atoms with Crippen molar-refractivity contribution in [2.24, 2.45) is 5.92 Å². The fraction of sp³-hybridized carbons (Fsp3) is 0.647. The van der Waals surface area contributed by atoms with E-state index in [0.717, 1.165) is 32.6 Å². The molecule has 2 aliphatic heterocycles. The van der Waals surface area contributed by atoms with Crippen LogP contribution in [0.25, 0.3) is 0 Å². The van der Waals surface area contributed by atoms with E-state index in [4.69, 9.17) is 4.74 Å². The van der Waals surface area contributed by atoms with Crippen molar-refractivity contribution in [3.05, 3.63) is 30.1 Å². The molecule has 0 bridgehead atoms. The number of carbonyl (C=O) groups is 1. The van der Waals surface area contributed by atoms with Crippen LogP contribution in [0, 0.1) is 5.92 Å². The molecule has 23 heavy (non-hydrogen) atoms. The Balaban J connectivity index is 1.73. The van der Waals surface area contributed by atoms with E-state index >= 15 is 0 Å². The maximum atomic E-state index is 12.5. The van der Waals surface area contributed by atoms with Gasteiger partial charge < -0.3 is 14.5 Å². The van der Waals surface area contributed by atoms with Crippen LogP contribution in [0.1, 0.15) is 12.0 Å². The zero-order valence-electron chi connectivity index (χ0n) is 14.2. The van der Waals surface area contributed by atoms with E-state index in [2.05, 4.69) is 16.0 Å². The Morgan fingerprint density at radius 3 is 2.91 bits per heavy atom. The highest BCUT2D eigenvalue weighted by Gasteiger charge is 2.46. The number of methoxy groups -OCH3 is 1. The molecule has 0 spiro atoms. The second kappa shape index (κ2) is 6.84. The molecule has 3 rings (SSSR count). The molecular weight excluding hydrogens is 292 g/mol. The molecule has 3 atom stereocenters. The summed E-state index contributed by atoms with van der Waals surface area (Å²) in [5, 5.41) is 0. The van der Waals surface area contributed by atoms with Crippen molar-refractivity contribution < 1.29 is 9.53 Å². The molecule has 0 saturated carbocycles. The maximum Gasteiger partial charge on any atom is 0.319 e. The van der Waals surface area contributed by atoms with E-state index in [0.29, 0.717) is 5.92 Å². The van der Waals surface area contributed by atoms with Gasteiger partial charge in [-0.1, -0.05) is 6.07 Å². The van der Waals surface area contributed by atoms with Gasteiger partial charge in [-0.3, -0.25) is 9.88 Å². The van der Waals surface area contributed by atoms with E-state index in [1.165, 1.54) is 5.56 Å². The van der Waals surface area contributed by atoms with Crippen LogP contribution in [0.3, 0.4) is 0 Å². The summed E-state index contributed by atoms with van der Waals surface area (Å²) < 4.78 is 5.70. The minimum Gasteiger partial charge on any atom is -0.381 e. The lowest BCUT2D eigenvalue weighted by Crippen LogP contribution is -2.55. The number of amides is 2. The third-order valence-corrected chi connectivity index (χ3v) is 5.00. The topological polar surface area (TPSA) is 48.9 Å². The number of fused-ring (bicyclic) bond motifs is 1. The molecule has 6 heteroatoms. The average Bonchev–Trinajstić information content (AvgIpc) is 2.97. The van der Waals surface area contributed by atoms with Crippen molar-refractivity contribution in [3.8, 4) is 0 Å². The number of nitrogens with zero attached hydrogens (tertiary/aromatic N) is 4. The van der Waals surface area contributed by atoms with Gasteiger partial charge in [-0.25, -0.2) is 4.79 Å². The van der Waals surface area contributed by atoms with E-state index in [9.17, 15) is 4.79 Å². The van der Waals surface area contributed by atoms with Crippen LogP contribution >= 0.6 is 0 Å². The van der Waals surface area contributed by atoms with Gasteiger partial charge in [0.05, 0.1) is 12.1 Å². The molecule has 1 aromatic heterocycles. The maximum absolute atomic E-state index is 12.5. The van der Waals surface area contributed by atoms with Crippen LogP contribution in [-0.2, 0) is 11.3 Å². The number of aromatic nitrogens is 1. The smallest absolute Gasteiger partial charge is 0.319 e. The van der Waals surface area contributed by atoms with E-state index in [-0.39, 0.29) is 18.2 Å². The summed E-state index contributed by atoms with van der Waals surface area (Å²) >= 11 is 0. The lowest BCUT2D eigenvalue weighted by atomic mass is 9.89. The Bertz CT molecular complexity index is 537. The van der Waals surface area contributed by atoms with Gasteiger partial charge in [0.1, 0.15) is 0 Å². The number of likely N-dealkylation sites (tertiary alicyclic amines) is 2. The molecule has 2 saturated heterocycles. The highest BCUT2D eigenvalue weighted by atomic mass is 16.5. The molecule has 126 valence electrons. The Morgan fingerprint density at radius 2 is 2.26 bits per heavy atom. The summed E-state index contributed by atoms with van der Waals surface area (Å²) in [7, 11) is 5.43. The molecule has 0 unspecified atom stereocenters. The molecule has 2 amide bonds. The Hall–Kier alpha value is -1.66. The number of carbonyl (C=O) groups excluding carboxylic acids is 1. The van der Waals surface area contributed by atoms with Gasteiger partial charge in [-0.05, 0) is 18.1 Å². The van der Waals surface area contributed by atoms with Crippen molar-refractivity contribution in [2.75, 3.05) is 40.8 Å². The van der Waals surface area contributed by atoms with Crippen LogP contribution in [0.4, 0.5) is 4.79 Å². The highest BCUT2D eigenvalue weighted by molar-refractivity contribution is 5.74. The van der Waals surface area contributed by atoms with Crippen molar-refractivity contribution >= 4 is 6.03 Å². The molecule has 0 aliphatic carbocycles. The second-order valence-corrected chi connectivity index (χ2v) is 6.72. The summed E-state index contributed by atoms with van der Waals surface area (Å²) in [6, 6.07) is 4.42. The summed E-state index contributed by atoms with van der Waals surface area (Å²) in [6.07, 6.45) is 4.87. The zero-order valence-corrected chi connectivity index (χ0v) is 14.2. The number of urea groups is 1. The first-order valence-electron chi connectivity index (χ1n) is 8.22. The molecule has 1 aromatic rings. The normalized spacial score (nSPS) is 27.8. The minimum absolute atomic E-state index is 0.109. The average molecular weight is 318 g/mol. The van der Waals surface area contributed by atoms with Gasteiger partial charge in [0.2, 0.25) is 0 Å². The van der Waals surface area contributed by atoms with Crippen LogP contribution in [0.2, 0.25) is 0 Å². The quantitative estimate of drug-likeness (QED) is 0.842. The van der Waals surface area contributed by atoms with Crippen LogP contribution in [0.5, 0.6) is 0 Å². The van der Waals surface area contributed by atoms with Crippen molar-refractivity contribution in [3.63, 3.8) is 0 Å². The molecule has 6 nitrogen and oxygen atoms in total. The van der Waals surface area contributed by atoms with Gasteiger partial charge >= 0.3 is 6.03 Å². The number of ether oxygens (including phenoxy) is 1. The standard InChI is InChI=1S/C17H26N4O2/c1-19(2)17(22)21-8-6-16(23-3)14-11-20(12-15(14)21)10-13-5-4-7-18-9-13/h4-5,7,9,14-16H,6,8,10-12H2,1-3H3/t14-,15+,16+/m0/s1. The molecule has 3 heterocycles. The fourth-order valence-corrected chi connectivity index (χ4v) is 3.90. The Labute approximate surface area is 138 Å². The first kappa shape index (κ1) is 16.2. The van der Waals surface area contributed by atoms with Crippen molar-refractivity contribution in [1.29, 1.82) is 0 Å². The molecule has 0 radical (unpaired) electrons. The zero-order chi connectivity index (χ0) is 16.4. The third kappa shape index (κ3) is 3.33. The van der Waals surface area contributed by atoms with Gasteiger partial charge in [-0.2, -0.15) is 0 Å². The fourth-order valence-electron chi connectivity index (χ4n) is 3.90. The third-order valence-electron chi connectivity index (χ3n) is 5.00. The summed E-state index contributed by atoms with van der Waals surface area (Å²) in [4.78, 5) is 22.8. The molecule has 2 aliphatic rings. The summed E-state index contributed by atoms with van der Waals surface area (Å²) in [5.74, 6) is 0.384. The first-order valence-corrected chi connectivity index (χ1v) is 8.22. The largest absolute Gasteiger partial charge is 0.381 e. The number of hydrogen-bond donors (Lipinski definition) is 0. The molecule has 2 fully saturated rings. The predicted molar refractivity (Wildman–Crippen MR) is 88.0 cm³/mol. The van der Waals surface area contributed by atoms with Crippen molar-refractivity contribution in [2.45, 2.75) is 25.1 Å². The van der Waals surface area contributed by atoms with Crippen LogP contribution < -0.4 is 0 Å². The van der Waals surface area contributed by atoms with Crippen molar-refractivity contribution in [1.82, 2.24) is 19.7 Å². The Morgan fingerprint density at radius 1 is 1.43 bits per heavy atom. The van der Waals surface area contributed by atoms with E-state index in [1.54, 1.807) is 18.2 Å². The monoisotopic (exact) mass is 318 g/mol. The summed E-state index contributed by atoms with van der Waals surface area (Å²) in [6.45, 7) is 3.52. The Kier molecular flexibility index (Phi) is 4.82. The molecule has 0 N–H and O–H groups in total.